The third-order valence-corrected chi connectivity index (χ3v) is 5.75. The summed E-state index contributed by atoms with van der Waals surface area (Å²) in [5, 5.41) is 4.55. The van der Waals surface area contributed by atoms with Crippen molar-refractivity contribution in [2.45, 2.75) is 47.1 Å². The summed E-state index contributed by atoms with van der Waals surface area (Å²) < 4.78 is 21.3. The molecule has 0 saturated carbocycles. The van der Waals surface area contributed by atoms with Crippen molar-refractivity contribution in [2.75, 3.05) is 19.7 Å². The van der Waals surface area contributed by atoms with E-state index >= 15 is 0 Å². The highest BCUT2D eigenvalue weighted by Gasteiger charge is 2.28. The number of aromatic nitrogens is 2. The van der Waals surface area contributed by atoms with Gasteiger partial charge in [0.15, 0.2) is 11.6 Å². The first-order valence-electron chi connectivity index (χ1n) is 10.0. The molecule has 1 saturated heterocycles. The van der Waals surface area contributed by atoms with Gasteiger partial charge in [-0.1, -0.05) is 19.1 Å². The fourth-order valence-electron chi connectivity index (χ4n) is 3.78. The smallest absolute Gasteiger partial charge is 0.227 e. The maximum Gasteiger partial charge on any atom is 0.227 e. The average Bonchev–Trinajstić information content (AvgIpc) is 2.93. The maximum absolute atomic E-state index is 13.7. The van der Waals surface area contributed by atoms with Crippen molar-refractivity contribution in [1.29, 1.82) is 0 Å². The van der Waals surface area contributed by atoms with Crippen molar-refractivity contribution in [3.05, 3.63) is 47.0 Å². The Morgan fingerprint density at radius 3 is 2.75 bits per heavy atom. The summed E-state index contributed by atoms with van der Waals surface area (Å²) in [5.41, 5.74) is 3.32. The molecule has 152 valence electrons. The number of nitrogens with zero attached hydrogens (tertiary/aromatic N) is 3. The van der Waals surface area contributed by atoms with Crippen molar-refractivity contribution in [3.63, 3.8) is 0 Å². The first-order chi connectivity index (χ1) is 13.4. The van der Waals surface area contributed by atoms with Gasteiger partial charge in [0, 0.05) is 24.7 Å². The quantitative estimate of drug-likeness (QED) is 0.755. The van der Waals surface area contributed by atoms with E-state index in [2.05, 4.69) is 12.0 Å². The number of para-hydroxylation sites is 1. The van der Waals surface area contributed by atoms with E-state index in [1.807, 2.05) is 30.4 Å². The van der Waals surface area contributed by atoms with Crippen LogP contribution in [0.15, 0.2) is 24.3 Å². The molecule has 5 nitrogen and oxygen atoms in total. The lowest BCUT2D eigenvalue weighted by Crippen LogP contribution is -2.44. The van der Waals surface area contributed by atoms with Crippen LogP contribution in [0.25, 0.3) is 0 Å². The summed E-state index contributed by atoms with van der Waals surface area (Å²) in [4.78, 5) is 14.9. The van der Waals surface area contributed by atoms with Crippen molar-refractivity contribution in [2.24, 2.45) is 11.8 Å². The van der Waals surface area contributed by atoms with Crippen LogP contribution in [0.2, 0.25) is 0 Å². The molecule has 28 heavy (non-hydrogen) atoms. The Bertz CT molecular complexity index is 833. The minimum absolute atomic E-state index is 0.136. The number of carbonyl (C=O) groups excluding carboxylic acids is 1. The zero-order valence-corrected chi connectivity index (χ0v) is 17.2. The van der Waals surface area contributed by atoms with Gasteiger partial charge in [0.1, 0.15) is 0 Å². The number of hydrogen-bond acceptors (Lipinski definition) is 3. The van der Waals surface area contributed by atoms with E-state index in [1.54, 1.807) is 18.2 Å². The highest BCUT2D eigenvalue weighted by Crippen LogP contribution is 2.22. The molecular formula is C22H30FN3O2. The number of ether oxygens (including phenoxy) is 1. The van der Waals surface area contributed by atoms with Crippen molar-refractivity contribution in [3.8, 4) is 5.75 Å². The maximum atomic E-state index is 13.7. The van der Waals surface area contributed by atoms with Crippen LogP contribution >= 0.6 is 0 Å². The number of benzene rings is 1. The SMILES string of the molecule is Cc1nn(C[C@@H](C)C(=O)N2CCC[C@@H](COc3ccccc3F)C2)c(C)c1C. The minimum atomic E-state index is -0.347. The number of likely N-dealkylation sites (tertiary alicyclic amines) is 1. The lowest BCUT2D eigenvalue weighted by Gasteiger charge is -2.34. The van der Waals surface area contributed by atoms with Crippen molar-refractivity contribution in [1.82, 2.24) is 14.7 Å². The van der Waals surface area contributed by atoms with Crippen LogP contribution in [0, 0.1) is 38.4 Å². The van der Waals surface area contributed by atoms with Gasteiger partial charge < -0.3 is 9.64 Å². The number of amides is 1. The number of rotatable bonds is 6. The molecule has 0 unspecified atom stereocenters. The fraction of sp³-hybridized carbons (Fsp3) is 0.545. The Kier molecular flexibility index (Phi) is 6.37. The van der Waals surface area contributed by atoms with Crippen LogP contribution in [-0.4, -0.2) is 40.3 Å². The third kappa shape index (κ3) is 4.54. The second kappa shape index (κ2) is 8.76. The van der Waals surface area contributed by atoms with E-state index in [9.17, 15) is 9.18 Å². The van der Waals surface area contributed by atoms with Gasteiger partial charge in [0.25, 0.3) is 0 Å². The molecule has 1 aliphatic rings. The normalized spacial score (nSPS) is 18.2. The van der Waals surface area contributed by atoms with E-state index in [-0.39, 0.29) is 29.3 Å². The van der Waals surface area contributed by atoms with Gasteiger partial charge in [0.05, 0.1) is 24.8 Å². The summed E-state index contributed by atoms with van der Waals surface area (Å²) >= 11 is 0. The Balaban J connectivity index is 1.56. The zero-order chi connectivity index (χ0) is 20.3. The highest BCUT2D eigenvalue weighted by atomic mass is 19.1. The number of aryl methyl sites for hydroxylation is 1. The summed E-state index contributed by atoms with van der Waals surface area (Å²) in [6.07, 6.45) is 1.94. The number of carbonyl (C=O) groups is 1. The molecule has 2 aromatic rings. The van der Waals surface area contributed by atoms with Gasteiger partial charge in [-0.15, -0.1) is 0 Å². The molecule has 0 radical (unpaired) electrons. The first kappa shape index (κ1) is 20.4. The van der Waals surface area contributed by atoms with Gasteiger partial charge in [0.2, 0.25) is 5.91 Å². The van der Waals surface area contributed by atoms with E-state index in [0.29, 0.717) is 19.7 Å². The number of piperidine rings is 1. The van der Waals surface area contributed by atoms with Gasteiger partial charge in [-0.2, -0.15) is 5.10 Å². The fourth-order valence-corrected chi connectivity index (χ4v) is 3.78. The van der Waals surface area contributed by atoms with Gasteiger partial charge >= 0.3 is 0 Å². The molecular weight excluding hydrogens is 357 g/mol. The van der Waals surface area contributed by atoms with Crippen LogP contribution in [0.3, 0.4) is 0 Å². The molecule has 0 N–H and O–H groups in total. The number of halogens is 1. The molecule has 0 bridgehead atoms. The van der Waals surface area contributed by atoms with Crippen molar-refractivity contribution >= 4 is 5.91 Å². The molecule has 0 spiro atoms. The van der Waals surface area contributed by atoms with Crippen LogP contribution in [0.4, 0.5) is 4.39 Å². The third-order valence-electron chi connectivity index (χ3n) is 5.75. The van der Waals surface area contributed by atoms with Crippen LogP contribution in [0.1, 0.15) is 36.7 Å². The summed E-state index contributed by atoms with van der Waals surface area (Å²) in [6.45, 7) is 10.5. The molecule has 0 aliphatic carbocycles. The molecule has 1 amide bonds. The van der Waals surface area contributed by atoms with Crippen LogP contribution < -0.4 is 4.74 Å². The lowest BCUT2D eigenvalue weighted by atomic mass is 9.97. The monoisotopic (exact) mass is 387 g/mol. The van der Waals surface area contributed by atoms with Crippen LogP contribution in [0.5, 0.6) is 5.75 Å². The predicted octanol–water partition coefficient (Wildman–Crippen LogP) is 3.90. The Hall–Kier alpha value is -2.37. The second-order valence-corrected chi connectivity index (χ2v) is 7.91. The minimum Gasteiger partial charge on any atom is -0.490 e. The molecule has 1 aliphatic heterocycles. The van der Waals surface area contributed by atoms with E-state index in [4.69, 9.17) is 4.74 Å². The van der Waals surface area contributed by atoms with E-state index in [0.717, 1.165) is 30.8 Å². The molecule has 2 atom stereocenters. The topological polar surface area (TPSA) is 47.4 Å². The number of hydrogen-bond donors (Lipinski definition) is 0. The Labute approximate surface area is 166 Å². The largest absolute Gasteiger partial charge is 0.490 e. The molecule has 2 heterocycles. The van der Waals surface area contributed by atoms with Crippen LogP contribution in [-0.2, 0) is 11.3 Å². The van der Waals surface area contributed by atoms with Crippen molar-refractivity contribution < 1.29 is 13.9 Å². The van der Waals surface area contributed by atoms with Gasteiger partial charge in [-0.3, -0.25) is 9.48 Å². The van der Waals surface area contributed by atoms with E-state index in [1.165, 1.54) is 11.6 Å². The zero-order valence-electron chi connectivity index (χ0n) is 17.2. The molecule has 1 aromatic carbocycles. The van der Waals surface area contributed by atoms with Gasteiger partial charge in [-0.25, -0.2) is 4.39 Å². The second-order valence-electron chi connectivity index (χ2n) is 7.91. The highest BCUT2D eigenvalue weighted by molar-refractivity contribution is 5.78. The summed E-state index contributed by atoms with van der Waals surface area (Å²) in [6, 6.07) is 6.44. The Morgan fingerprint density at radius 2 is 2.07 bits per heavy atom. The van der Waals surface area contributed by atoms with Gasteiger partial charge in [-0.05, 0) is 51.3 Å². The molecule has 1 fully saturated rings. The lowest BCUT2D eigenvalue weighted by molar-refractivity contribution is -0.137. The average molecular weight is 387 g/mol. The molecule has 6 heteroatoms. The summed E-state index contributed by atoms with van der Waals surface area (Å²) in [5.74, 6) is 0.170. The molecule has 1 aromatic heterocycles. The molecule has 3 rings (SSSR count). The Morgan fingerprint density at radius 1 is 1.32 bits per heavy atom. The first-order valence-corrected chi connectivity index (χ1v) is 10.0. The van der Waals surface area contributed by atoms with E-state index < -0.39 is 0 Å². The summed E-state index contributed by atoms with van der Waals surface area (Å²) in [7, 11) is 0. The predicted molar refractivity (Wildman–Crippen MR) is 107 cm³/mol. The standard InChI is InChI=1S/C22H30FN3O2/c1-15(12-26-18(4)16(2)17(3)24-26)22(27)25-11-7-8-19(13-25)14-28-21-10-6-5-9-20(21)23/h5-6,9-10,15,19H,7-8,11-14H2,1-4H3/t15-,19-/m1/s1.